The van der Waals surface area contributed by atoms with Crippen molar-refractivity contribution >= 4 is 57.9 Å². The first kappa shape index (κ1) is 19.1. The Labute approximate surface area is 158 Å². The number of nitrogens with two attached hydrogens (primary N) is 1. The fourth-order valence-electron chi connectivity index (χ4n) is 1.78. The molecule has 1 fully saturated rings. The van der Waals surface area contributed by atoms with Gasteiger partial charge in [-0.2, -0.15) is 0 Å². The highest BCUT2D eigenvalue weighted by Crippen LogP contribution is 2.33. The van der Waals surface area contributed by atoms with E-state index in [0.29, 0.717) is 17.9 Å². The van der Waals surface area contributed by atoms with Gasteiger partial charge in [-0.1, -0.05) is 46.4 Å². The van der Waals surface area contributed by atoms with Gasteiger partial charge in [0.1, 0.15) is 34.4 Å². The Balaban J connectivity index is 0.000000198. The van der Waals surface area contributed by atoms with Gasteiger partial charge in [-0.25, -0.2) is 19.9 Å². The molecule has 3 rings (SSSR count). The molecular weight excluding hydrogens is 396 g/mol. The van der Waals surface area contributed by atoms with Gasteiger partial charge in [-0.3, -0.25) is 4.79 Å². The van der Waals surface area contributed by atoms with E-state index in [0.717, 1.165) is 0 Å². The molecule has 2 aromatic rings. The first-order valence-corrected chi connectivity index (χ1v) is 8.47. The molecule has 10 heteroatoms. The second kappa shape index (κ2) is 8.76. The van der Waals surface area contributed by atoms with Crippen LogP contribution in [0, 0.1) is 5.92 Å². The van der Waals surface area contributed by atoms with Crippen molar-refractivity contribution in [1.82, 2.24) is 19.9 Å². The number of hydrogen-bond donors (Lipinski definition) is 1. The van der Waals surface area contributed by atoms with Gasteiger partial charge < -0.3 is 5.73 Å². The van der Waals surface area contributed by atoms with Crippen LogP contribution in [0.2, 0.25) is 20.6 Å². The third-order valence-corrected chi connectivity index (χ3v) is 4.47. The van der Waals surface area contributed by atoms with Crippen molar-refractivity contribution in [2.24, 2.45) is 5.92 Å². The van der Waals surface area contributed by atoms with Crippen molar-refractivity contribution in [2.45, 2.75) is 25.7 Å². The molecular formula is C14H13Cl4N5O. The van der Waals surface area contributed by atoms with E-state index in [1.54, 1.807) is 0 Å². The van der Waals surface area contributed by atoms with Crippen LogP contribution >= 0.6 is 46.4 Å². The minimum Gasteiger partial charge on any atom is -0.394 e. The molecule has 2 heterocycles. The average Bonchev–Trinajstić information content (AvgIpc) is 3.33. The summed E-state index contributed by atoms with van der Waals surface area (Å²) in [4.78, 5) is 26.4. The van der Waals surface area contributed by atoms with Crippen molar-refractivity contribution in [3.8, 4) is 0 Å². The summed E-state index contributed by atoms with van der Waals surface area (Å²) >= 11 is 22.6. The maximum atomic E-state index is 11.6. The summed E-state index contributed by atoms with van der Waals surface area (Å²) in [7, 11) is 0. The van der Waals surface area contributed by atoms with Gasteiger partial charge in [-0.15, -0.1) is 0 Å². The largest absolute Gasteiger partial charge is 0.394 e. The molecule has 1 aliphatic rings. The molecule has 0 unspecified atom stereocenters. The molecule has 6 nitrogen and oxygen atoms in total. The minimum atomic E-state index is 0.163. The summed E-state index contributed by atoms with van der Waals surface area (Å²) in [6.07, 6.45) is 5.74. The number of rotatable bonds is 4. The van der Waals surface area contributed by atoms with E-state index in [9.17, 15) is 4.79 Å². The molecule has 0 saturated heterocycles. The van der Waals surface area contributed by atoms with E-state index in [1.807, 2.05) is 0 Å². The highest BCUT2D eigenvalue weighted by atomic mass is 35.5. The van der Waals surface area contributed by atoms with Gasteiger partial charge in [0, 0.05) is 18.4 Å². The lowest BCUT2D eigenvalue weighted by Crippen LogP contribution is -2.06. The Morgan fingerprint density at radius 3 is 1.83 bits per heavy atom. The quantitative estimate of drug-likeness (QED) is 0.766. The molecule has 128 valence electrons. The van der Waals surface area contributed by atoms with Gasteiger partial charge in [0.05, 0.1) is 0 Å². The van der Waals surface area contributed by atoms with Crippen LogP contribution in [0.5, 0.6) is 0 Å². The molecule has 1 aliphatic carbocycles. The van der Waals surface area contributed by atoms with Crippen molar-refractivity contribution < 1.29 is 4.79 Å². The number of anilines is 1. The summed E-state index contributed by atoms with van der Waals surface area (Å²) in [5, 5.41) is 0.934. The smallest absolute Gasteiger partial charge is 0.156 e. The number of ketones is 1. The number of carbonyl (C=O) groups is 1. The molecule has 0 atom stereocenters. The highest BCUT2D eigenvalue weighted by Gasteiger charge is 2.25. The van der Waals surface area contributed by atoms with E-state index in [-0.39, 0.29) is 38.5 Å². The lowest BCUT2D eigenvalue weighted by atomic mass is 10.1. The number of carbonyl (C=O) groups excluding carboxylic acids is 1. The molecule has 1 saturated carbocycles. The van der Waals surface area contributed by atoms with Crippen molar-refractivity contribution in [2.75, 3.05) is 5.73 Å². The molecule has 0 spiro atoms. The SMILES string of the molecule is Nc1c(Cl)ncnc1Cl.O=C(Cc1c(Cl)ncnc1Cl)CC1CC1. The number of nitrogen functional groups attached to an aromatic ring is 1. The molecule has 2 N–H and O–H groups in total. The van der Waals surface area contributed by atoms with Crippen LogP contribution in [0.25, 0.3) is 0 Å². The van der Waals surface area contributed by atoms with Gasteiger partial charge in [-0.05, 0) is 18.8 Å². The van der Waals surface area contributed by atoms with Crippen LogP contribution in [0.3, 0.4) is 0 Å². The first-order chi connectivity index (χ1) is 11.4. The molecule has 2 aromatic heterocycles. The third-order valence-electron chi connectivity index (χ3n) is 3.21. The molecule has 0 aromatic carbocycles. The molecule has 0 aliphatic heterocycles. The van der Waals surface area contributed by atoms with Gasteiger partial charge in [0.2, 0.25) is 0 Å². The van der Waals surface area contributed by atoms with E-state index in [1.165, 1.54) is 25.5 Å². The van der Waals surface area contributed by atoms with E-state index < -0.39 is 0 Å². The zero-order valence-corrected chi connectivity index (χ0v) is 15.4. The second-order valence-corrected chi connectivity index (χ2v) is 6.60. The van der Waals surface area contributed by atoms with E-state index in [4.69, 9.17) is 52.1 Å². The fourth-order valence-corrected chi connectivity index (χ4v) is 2.55. The van der Waals surface area contributed by atoms with Crippen LogP contribution in [-0.4, -0.2) is 25.7 Å². The monoisotopic (exact) mass is 407 g/mol. The van der Waals surface area contributed by atoms with Crippen LogP contribution in [-0.2, 0) is 11.2 Å². The molecule has 24 heavy (non-hydrogen) atoms. The lowest BCUT2D eigenvalue weighted by molar-refractivity contribution is -0.118. The standard InChI is InChI=1S/C10H10Cl2N2O.C4H3Cl2N3/c11-9-8(10(12)14-5-13-9)4-7(15)3-6-1-2-6;5-3-2(7)4(6)9-1-8-3/h5-6H,1-4H2;1H,7H2. The number of halogens is 4. The minimum absolute atomic E-state index is 0.163. The fraction of sp³-hybridized carbons (Fsp3) is 0.357. The second-order valence-electron chi connectivity index (χ2n) is 5.17. The lowest BCUT2D eigenvalue weighted by Gasteiger charge is -2.03. The highest BCUT2D eigenvalue weighted by molar-refractivity contribution is 6.37. The first-order valence-electron chi connectivity index (χ1n) is 6.96. The topological polar surface area (TPSA) is 94.7 Å². The van der Waals surface area contributed by atoms with Gasteiger partial charge >= 0.3 is 0 Å². The zero-order chi connectivity index (χ0) is 17.7. The Morgan fingerprint density at radius 1 is 0.958 bits per heavy atom. The van der Waals surface area contributed by atoms with Gasteiger partial charge in [0.25, 0.3) is 0 Å². The number of nitrogens with zero attached hydrogens (tertiary/aromatic N) is 4. The van der Waals surface area contributed by atoms with Crippen LogP contribution in [0.4, 0.5) is 5.69 Å². The Morgan fingerprint density at radius 2 is 1.42 bits per heavy atom. The maximum Gasteiger partial charge on any atom is 0.156 e. The summed E-state index contributed by atoms with van der Waals surface area (Å²) in [6.45, 7) is 0. The van der Waals surface area contributed by atoms with E-state index >= 15 is 0 Å². The summed E-state index contributed by atoms with van der Waals surface area (Å²) in [6, 6.07) is 0. The zero-order valence-electron chi connectivity index (χ0n) is 12.3. The normalized spacial score (nSPS) is 13.2. The predicted molar refractivity (Wildman–Crippen MR) is 94.6 cm³/mol. The summed E-state index contributed by atoms with van der Waals surface area (Å²) in [5.41, 5.74) is 6.06. The van der Waals surface area contributed by atoms with Crippen molar-refractivity contribution in [1.29, 1.82) is 0 Å². The van der Waals surface area contributed by atoms with Crippen LogP contribution < -0.4 is 5.73 Å². The molecule has 0 amide bonds. The van der Waals surface area contributed by atoms with Crippen LogP contribution in [0.1, 0.15) is 24.8 Å². The summed E-state index contributed by atoms with van der Waals surface area (Å²) < 4.78 is 0. The molecule has 0 bridgehead atoms. The number of Topliss-reactive ketones (excluding diaryl/α,β-unsaturated/α-hetero) is 1. The Bertz CT molecular complexity index is 699. The number of hydrogen-bond acceptors (Lipinski definition) is 6. The Kier molecular flexibility index (Phi) is 6.98. The van der Waals surface area contributed by atoms with E-state index in [2.05, 4.69) is 19.9 Å². The third kappa shape index (κ3) is 5.70. The average molecular weight is 409 g/mol. The summed E-state index contributed by atoms with van der Waals surface area (Å²) in [5.74, 6) is 0.746. The predicted octanol–water partition coefficient (Wildman–Crippen LogP) is 4.06. The Hall–Kier alpha value is -1.21. The number of aromatic nitrogens is 4. The van der Waals surface area contributed by atoms with Gasteiger partial charge in [0.15, 0.2) is 10.3 Å². The van der Waals surface area contributed by atoms with Crippen LogP contribution in [0.15, 0.2) is 12.7 Å². The molecule has 0 radical (unpaired) electrons. The maximum absolute atomic E-state index is 11.6. The van der Waals surface area contributed by atoms with Crippen molar-refractivity contribution in [3.05, 3.63) is 38.8 Å². The van der Waals surface area contributed by atoms with Crippen molar-refractivity contribution in [3.63, 3.8) is 0 Å².